The molecule has 5 rings (SSSR count). The number of aromatic nitrogens is 2. The molecular weight excluding hydrogens is 628 g/mol. The van der Waals surface area contributed by atoms with E-state index in [1.807, 2.05) is 60.7 Å². The molecule has 1 aromatic heterocycles. The van der Waals surface area contributed by atoms with E-state index in [0.29, 0.717) is 45.9 Å². The number of nitrogens with zero attached hydrogens (tertiary/aromatic N) is 2. The molecule has 0 aliphatic rings. The average Bonchev–Trinajstić information content (AvgIpc) is 3.44. The first-order chi connectivity index (χ1) is 22.2. The fraction of sp³-hybridized carbons (Fsp3) is 0.139. The van der Waals surface area contributed by atoms with E-state index in [9.17, 15) is 14.0 Å². The number of hydrogen-bond donors (Lipinski definition) is 2. The molecule has 0 unspecified atom stereocenters. The van der Waals surface area contributed by atoms with Crippen LogP contribution in [0, 0.1) is 5.82 Å². The van der Waals surface area contributed by atoms with Gasteiger partial charge in [0.2, 0.25) is 5.91 Å². The molecule has 1 heterocycles. The number of halogens is 3. The second kappa shape index (κ2) is 15.4. The maximum absolute atomic E-state index is 13.2. The van der Waals surface area contributed by atoms with Crippen molar-refractivity contribution in [3.8, 4) is 28.1 Å². The lowest BCUT2D eigenvalue weighted by Crippen LogP contribution is -2.27. The molecule has 0 saturated carbocycles. The zero-order chi connectivity index (χ0) is 32.5. The van der Waals surface area contributed by atoms with Crippen molar-refractivity contribution in [3.05, 3.63) is 130 Å². The lowest BCUT2D eigenvalue weighted by atomic mass is 10.0. The van der Waals surface area contributed by atoms with Gasteiger partial charge in [-0.15, -0.1) is 0 Å². The van der Waals surface area contributed by atoms with Gasteiger partial charge in [0.15, 0.2) is 0 Å². The Balaban J connectivity index is 1.29. The second-order valence-corrected chi connectivity index (χ2v) is 11.3. The van der Waals surface area contributed by atoms with Crippen LogP contribution < -0.4 is 10.1 Å². The highest BCUT2D eigenvalue weighted by atomic mass is 35.5. The number of hydrogen-bond acceptors (Lipinski definition) is 4. The van der Waals surface area contributed by atoms with Gasteiger partial charge in [0, 0.05) is 29.7 Å². The zero-order valence-electron chi connectivity index (χ0n) is 24.6. The van der Waals surface area contributed by atoms with E-state index >= 15 is 0 Å². The molecule has 0 atom stereocenters. The maximum atomic E-state index is 13.2. The summed E-state index contributed by atoms with van der Waals surface area (Å²) in [6.45, 7) is 0.626. The van der Waals surface area contributed by atoms with E-state index in [1.165, 1.54) is 12.1 Å². The summed E-state index contributed by atoms with van der Waals surface area (Å²) in [6, 6.07) is 26.8. The predicted octanol–water partition coefficient (Wildman–Crippen LogP) is 8.39. The van der Waals surface area contributed by atoms with Gasteiger partial charge in [-0.1, -0.05) is 77.8 Å². The first-order valence-electron chi connectivity index (χ1n) is 14.5. The van der Waals surface area contributed by atoms with E-state index < -0.39 is 5.97 Å². The summed E-state index contributed by atoms with van der Waals surface area (Å²) in [4.78, 5) is 28.3. The van der Waals surface area contributed by atoms with Crippen molar-refractivity contribution >= 4 is 47.2 Å². The maximum Gasteiger partial charge on any atom is 0.303 e. The van der Waals surface area contributed by atoms with Gasteiger partial charge in [0.05, 0.1) is 17.3 Å². The molecule has 7 nitrogen and oxygen atoms in total. The number of carboxylic acids is 1. The zero-order valence-corrected chi connectivity index (χ0v) is 26.1. The smallest absolute Gasteiger partial charge is 0.303 e. The fourth-order valence-electron chi connectivity index (χ4n) is 4.64. The Labute approximate surface area is 275 Å². The summed E-state index contributed by atoms with van der Waals surface area (Å²) in [7, 11) is 0. The normalized spacial score (nSPS) is 11.1. The third-order valence-corrected chi connectivity index (χ3v) is 7.61. The van der Waals surface area contributed by atoms with Gasteiger partial charge in [-0.25, -0.2) is 9.37 Å². The monoisotopic (exact) mass is 657 g/mol. The van der Waals surface area contributed by atoms with Crippen molar-refractivity contribution in [1.29, 1.82) is 0 Å². The van der Waals surface area contributed by atoms with Gasteiger partial charge in [0.1, 0.15) is 23.9 Å². The number of nitrogens with one attached hydrogen (secondary N) is 1. The van der Waals surface area contributed by atoms with Gasteiger partial charge in [-0.05, 0) is 77.2 Å². The second-order valence-electron chi connectivity index (χ2n) is 10.5. The summed E-state index contributed by atoms with van der Waals surface area (Å²) in [5, 5.41) is 12.6. The van der Waals surface area contributed by atoms with E-state index in [4.69, 9.17) is 38.0 Å². The molecule has 0 aliphatic carbocycles. The number of aliphatic carboxylic acids is 1. The number of rotatable bonds is 13. The van der Waals surface area contributed by atoms with Crippen LogP contribution in [0.25, 0.3) is 34.5 Å². The van der Waals surface area contributed by atoms with E-state index in [0.717, 1.165) is 22.3 Å². The third-order valence-electron chi connectivity index (χ3n) is 7.06. The van der Waals surface area contributed by atoms with Crippen LogP contribution in [0.1, 0.15) is 29.8 Å². The van der Waals surface area contributed by atoms with Crippen LogP contribution in [0.15, 0.2) is 97.2 Å². The molecule has 0 fully saturated rings. The van der Waals surface area contributed by atoms with Crippen LogP contribution in [0.4, 0.5) is 4.39 Å². The van der Waals surface area contributed by atoms with Crippen molar-refractivity contribution in [1.82, 2.24) is 14.9 Å². The first-order valence-corrected chi connectivity index (χ1v) is 15.3. The lowest BCUT2D eigenvalue weighted by Gasteiger charge is -2.08. The van der Waals surface area contributed by atoms with Crippen molar-refractivity contribution < 1.29 is 23.8 Å². The van der Waals surface area contributed by atoms with Crippen LogP contribution in [-0.4, -0.2) is 33.1 Å². The van der Waals surface area contributed by atoms with Crippen LogP contribution in [0.2, 0.25) is 10.0 Å². The molecule has 234 valence electrons. The molecule has 0 bridgehead atoms. The molecule has 4 aromatic carbocycles. The van der Waals surface area contributed by atoms with E-state index in [1.54, 1.807) is 41.1 Å². The first kappa shape index (κ1) is 32.5. The van der Waals surface area contributed by atoms with Crippen LogP contribution in [-0.2, 0) is 22.7 Å². The lowest BCUT2D eigenvalue weighted by molar-refractivity contribution is -0.137. The predicted molar refractivity (Wildman–Crippen MR) is 179 cm³/mol. The number of amides is 1. The number of carbonyl (C=O) groups is 2. The quantitative estimate of drug-likeness (QED) is 0.124. The summed E-state index contributed by atoms with van der Waals surface area (Å²) in [5.74, 6) is -0.155. The Hall–Kier alpha value is -4.92. The summed E-state index contributed by atoms with van der Waals surface area (Å²) in [5.41, 5.74) is 5.04. The number of carboxylic acid groups (broad SMARTS) is 1. The molecule has 1 amide bonds. The Kier molecular flexibility index (Phi) is 10.9. The van der Waals surface area contributed by atoms with Crippen molar-refractivity contribution in [2.45, 2.75) is 25.9 Å². The van der Waals surface area contributed by atoms with Crippen LogP contribution in [0.3, 0.4) is 0 Å². The standard InChI is InChI=1S/C36H30Cl2FN3O4/c37-28-12-17-31(32(38)20-28)33-22-42(23-35(43)40-21-25-5-13-29(39)14-6-25)34(41-33)18-7-24-3-8-26(9-4-24)27-10-15-30(16-11-27)46-19-1-2-36(44)45/h3-18,20,22H,1-2,19,21,23H2,(H,40,43)(H,44,45)/b18-7+. The molecule has 5 aromatic rings. The van der Waals surface area contributed by atoms with Gasteiger partial charge < -0.3 is 19.7 Å². The minimum absolute atomic E-state index is 0.0112. The molecule has 2 N–H and O–H groups in total. The molecular formula is C36H30Cl2FN3O4. The Bertz CT molecular complexity index is 1840. The molecule has 0 aliphatic heterocycles. The molecule has 10 heteroatoms. The van der Waals surface area contributed by atoms with Crippen molar-refractivity contribution in [2.75, 3.05) is 6.61 Å². The molecule has 0 radical (unpaired) electrons. The van der Waals surface area contributed by atoms with Gasteiger partial charge >= 0.3 is 5.97 Å². The number of benzene rings is 4. The van der Waals surface area contributed by atoms with E-state index in [2.05, 4.69) is 5.32 Å². The van der Waals surface area contributed by atoms with E-state index in [-0.39, 0.29) is 31.2 Å². The summed E-state index contributed by atoms with van der Waals surface area (Å²) < 4.78 is 20.6. The van der Waals surface area contributed by atoms with Gasteiger partial charge in [0.25, 0.3) is 0 Å². The van der Waals surface area contributed by atoms with Gasteiger partial charge in [-0.3, -0.25) is 9.59 Å². The minimum atomic E-state index is -0.836. The van der Waals surface area contributed by atoms with Crippen LogP contribution in [0.5, 0.6) is 5.75 Å². The average molecular weight is 659 g/mol. The highest BCUT2D eigenvalue weighted by Gasteiger charge is 2.14. The van der Waals surface area contributed by atoms with Crippen molar-refractivity contribution in [3.63, 3.8) is 0 Å². The SMILES string of the molecule is O=C(O)CCCOc1ccc(-c2ccc(/C=C/c3nc(-c4ccc(Cl)cc4Cl)cn3CC(=O)NCc3ccc(F)cc3)cc2)cc1. The highest BCUT2D eigenvalue weighted by molar-refractivity contribution is 6.36. The summed E-state index contributed by atoms with van der Waals surface area (Å²) in [6.07, 6.45) is 6.06. The number of carbonyl (C=O) groups excluding carboxylic acids is 1. The fourth-order valence-corrected chi connectivity index (χ4v) is 5.15. The molecule has 0 spiro atoms. The summed E-state index contributed by atoms with van der Waals surface area (Å²) >= 11 is 12.6. The molecule has 0 saturated heterocycles. The Morgan fingerprint density at radius 1 is 0.913 bits per heavy atom. The number of ether oxygens (including phenoxy) is 1. The largest absolute Gasteiger partial charge is 0.494 e. The van der Waals surface area contributed by atoms with Crippen LogP contribution >= 0.6 is 23.2 Å². The van der Waals surface area contributed by atoms with Crippen molar-refractivity contribution in [2.24, 2.45) is 0 Å². The minimum Gasteiger partial charge on any atom is -0.494 e. The number of imidazole rings is 1. The highest BCUT2D eigenvalue weighted by Crippen LogP contribution is 2.30. The third kappa shape index (κ3) is 9.06. The topological polar surface area (TPSA) is 93.4 Å². The van der Waals surface area contributed by atoms with Gasteiger partial charge in [-0.2, -0.15) is 0 Å². The Morgan fingerprint density at radius 3 is 2.28 bits per heavy atom. The molecule has 46 heavy (non-hydrogen) atoms. The Morgan fingerprint density at radius 2 is 1.61 bits per heavy atom.